The lowest BCUT2D eigenvalue weighted by Crippen LogP contribution is -2.29. The van der Waals surface area contributed by atoms with E-state index in [2.05, 4.69) is 0 Å². The van der Waals surface area contributed by atoms with E-state index in [9.17, 15) is 14.9 Å². The van der Waals surface area contributed by atoms with Gasteiger partial charge in [-0.3, -0.25) is 14.9 Å². The van der Waals surface area contributed by atoms with Crippen molar-refractivity contribution in [2.24, 2.45) is 5.41 Å². The van der Waals surface area contributed by atoms with Gasteiger partial charge in [-0.15, -0.1) is 0 Å². The Bertz CT molecular complexity index is 586. The van der Waals surface area contributed by atoms with Gasteiger partial charge in [-0.05, 0) is 26.3 Å². The van der Waals surface area contributed by atoms with Crippen LogP contribution in [-0.2, 0) is 19.0 Å². The molecule has 0 bridgehead atoms. The van der Waals surface area contributed by atoms with Crippen molar-refractivity contribution in [3.05, 3.63) is 39.9 Å². The molecule has 7 heteroatoms. The van der Waals surface area contributed by atoms with E-state index in [0.29, 0.717) is 12.0 Å². The van der Waals surface area contributed by atoms with Crippen LogP contribution in [0.25, 0.3) is 0 Å². The molecule has 0 saturated carbocycles. The monoisotopic (exact) mass is 323 g/mol. The van der Waals surface area contributed by atoms with E-state index in [1.807, 2.05) is 20.8 Å². The fourth-order valence-corrected chi connectivity index (χ4v) is 2.06. The number of hydrogen-bond acceptors (Lipinski definition) is 6. The molecule has 1 aromatic carbocycles. The number of rotatable bonds is 6. The van der Waals surface area contributed by atoms with Gasteiger partial charge in [0.05, 0.1) is 22.5 Å². The molecule has 2 rings (SSSR count). The van der Waals surface area contributed by atoms with Crippen molar-refractivity contribution in [3.63, 3.8) is 0 Å². The lowest BCUT2D eigenvalue weighted by atomic mass is 9.91. The first-order chi connectivity index (χ1) is 10.8. The van der Waals surface area contributed by atoms with Crippen molar-refractivity contribution < 1.29 is 23.9 Å². The van der Waals surface area contributed by atoms with Crippen molar-refractivity contribution in [3.8, 4) is 0 Å². The zero-order valence-electron chi connectivity index (χ0n) is 13.5. The van der Waals surface area contributed by atoms with Gasteiger partial charge in [0.1, 0.15) is 12.7 Å². The summed E-state index contributed by atoms with van der Waals surface area (Å²) in [6.45, 7) is 5.84. The van der Waals surface area contributed by atoms with Crippen molar-refractivity contribution in [2.45, 2.75) is 39.6 Å². The maximum absolute atomic E-state index is 11.9. The van der Waals surface area contributed by atoms with Gasteiger partial charge in [0.2, 0.25) is 0 Å². The zero-order chi connectivity index (χ0) is 17.0. The predicted octanol–water partition coefficient (Wildman–Crippen LogP) is 2.99. The number of nitrogens with zero attached hydrogens (tertiary/aromatic N) is 1. The summed E-state index contributed by atoms with van der Waals surface area (Å²) in [6, 6.07) is 6.27. The minimum absolute atomic E-state index is 0.0535. The second-order valence-corrected chi connectivity index (χ2v) is 6.08. The van der Waals surface area contributed by atoms with E-state index in [-0.39, 0.29) is 24.9 Å². The molecule has 0 spiro atoms. The molecule has 1 heterocycles. The Kier molecular flexibility index (Phi) is 5.33. The normalized spacial score (nSPS) is 21.2. The SMILES string of the molecule is CCC(C)(C)C(=O)OCC1COC(c2ccccc2[N+](=O)[O-])O1. The standard InChI is InChI=1S/C16H21NO6/c1-4-16(2,3)15(18)22-10-11-9-21-14(23-11)12-7-5-6-8-13(12)17(19)20/h5-8,11,14H,4,9-10H2,1-3H3. The molecule has 7 nitrogen and oxygen atoms in total. The van der Waals surface area contributed by atoms with Gasteiger partial charge in [-0.2, -0.15) is 0 Å². The van der Waals surface area contributed by atoms with E-state index in [1.54, 1.807) is 18.2 Å². The van der Waals surface area contributed by atoms with Crippen LogP contribution in [0.1, 0.15) is 39.0 Å². The molecule has 23 heavy (non-hydrogen) atoms. The van der Waals surface area contributed by atoms with Crippen molar-refractivity contribution in [2.75, 3.05) is 13.2 Å². The fraction of sp³-hybridized carbons (Fsp3) is 0.562. The first kappa shape index (κ1) is 17.4. The minimum Gasteiger partial charge on any atom is -0.462 e. The average molecular weight is 323 g/mol. The lowest BCUT2D eigenvalue weighted by molar-refractivity contribution is -0.386. The molecule has 2 atom stereocenters. The Balaban J connectivity index is 1.95. The van der Waals surface area contributed by atoms with Crippen LogP contribution in [0, 0.1) is 15.5 Å². The van der Waals surface area contributed by atoms with Crippen LogP contribution in [0.15, 0.2) is 24.3 Å². The highest BCUT2D eigenvalue weighted by molar-refractivity contribution is 5.75. The molecule has 1 aliphatic rings. The number of esters is 1. The second kappa shape index (κ2) is 7.06. The second-order valence-electron chi connectivity index (χ2n) is 6.08. The van der Waals surface area contributed by atoms with E-state index in [1.165, 1.54) is 6.07 Å². The van der Waals surface area contributed by atoms with Crippen LogP contribution in [0.4, 0.5) is 5.69 Å². The highest BCUT2D eigenvalue weighted by Crippen LogP contribution is 2.33. The van der Waals surface area contributed by atoms with Crippen LogP contribution in [-0.4, -0.2) is 30.2 Å². The summed E-state index contributed by atoms with van der Waals surface area (Å²) in [7, 11) is 0. The number of nitro groups is 1. The molecular formula is C16H21NO6. The van der Waals surface area contributed by atoms with Crippen LogP contribution < -0.4 is 0 Å². The number of ether oxygens (including phenoxy) is 3. The number of hydrogen-bond donors (Lipinski definition) is 0. The molecule has 1 aromatic rings. The number of carbonyl (C=O) groups excluding carboxylic acids is 1. The topological polar surface area (TPSA) is 87.9 Å². The fourth-order valence-electron chi connectivity index (χ4n) is 2.06. The molecule has 0 aliphatic carbocycles. The Morgan fingerprint density at radius 1 is 1.43 bits per heavy atom. The van der Waals surface area contributed by atoms with E-state index >= 15 is 0 Å². The summed E-state index contributed by atoms with van der Waals surface area (Å²) >= 11 is 0. The first-order valence-electron chi connectivity index (χ1n) is 7.52. The van der Waals surface area contributed by atoms with Crippen LogP contribution in [0.5, 0.6) is 0 Å². The lowest BCUT2D eigenvalue weighted by Gasteiger charge is -2.21. The maximum atomic E-state index is 11.9. The van der Waals surface area contributed by atoms with Gasteiger partial charge in [0.25, 0.3) is 5.69 Å². The van der Waals surface area contributed by atoms with Crippen LogP contribution in [0.2, 0.25) is 0 Å². The molecule has 0 N–H and O–H groups in total. The molecule has 1 aliphatic heterocycles. The molecular weight excluding hydrogens is 302 g/mol. The van der Waals surface area contributed by atoms with Crippen molar-refractivity contribution in [1.82, 2.24) is 0 Å². The molecule has 2 unspecified atom stereocenters. The van der Waals surface area contributed by atoms with Crippen LogP contribution >= 0.6 is 0 Å². The van der Waals surface area contributed by atoms with Crippen LogP contribution in [0.3, 0.4) is 0 Å². The Hall–Kier alpha value is -1.99. The largest absolute Gasteiger partial charge is 0.462 e. The molecule has 0 aromatic heterocycles. The molecule has 1 saturated heterocycles. The molecule has 1 fully saturated rings. The minimum atomic E-state index is -0.820. The summed E-state index contributed by atoms with van der Waals surface area (Å²) in [5, 5.41) is 11.0. The van der Waals surface area contributed by atoms with Gasteiger partial charge < -0.3 is 14.2 Å². The van der Waals surface area contributed by atoms with Gasteiger partial charge in [0, 0.05) is 6.07 Å². The van der Waals surface area contributed by atoms with Crippen molar-refractivity contribution >= 4 is 11.7 Å². The third kappa shape index (κ3) is 4.05. The summed E-state index contributed by atoms with van der Waals surface area (Å²) in [6.07, 6.45) is -0.580. The molecule has 126 valence electrons. The first-order valence-corrected chi connectivity index (χ1v) is 7.52. The van der Waals surface area contributed by atoms with Crippen molar-refractivity contribution in [1.29, 1.82) is 0 Å². The van der Waals surface area contributed by atoms with Gasteiger partial charge >= 0.3 is 5.97 Å². The Morgan fingerprint density at radius 2 is 2.13 bits per heavy atom. The van der Waals surface area contributed by atoms with E-state index in [4.69, 9.17) is 14.2 Å². The van der Waals surface area contributed by atoms with Gasteiger partial charge in [-0.25, -0.2) is 0 Å². The highest BCUT2D eigenvalue weighted by Gasteiger charge is 2.34. The number of nitro benzene ring substituents is 1. The quantitative estimate of drug-likeness (QED) is 0.454. The number of carbonyl (C=O) groups is 1. The predicted molar refractivity (Wildman–Crippen MR) is 81.7 cm³/mol. The Morgan fingerprint density at radius 3 is 2.78 bits per heavy atom. The maximum Gasteiger partial charge on any atom is 0.311 e. The third-order valence-corrected chi connectivity index (χ3v) is 3.97. The summed E-state index contributed by atoms with van der Waals surface area (Å²) < 4.78 is 16.4. The third-order valence-electron chi connectivity index (χ3n) is 3.97. The van der Waals surface area contributed by atoms with Gasteiger partial charge in [0.15, 0.2) is 6.29 Å². The zero-order valence-corrected chi connectivity index (χ0v) is 13.5. The summed E-state index contributed by atoms with van der Waals surface area (Å²) in [5.74, 6) is -0.294. The van der Waals surface area contributed by atoms with Gasteiger partial charge in [-0.1, -0.05) is 19.1 Å². The smallest absolute Gasteiger partial charge is 0.311 e. The number of benzene rings is 1. The molecule has 0 amide bonds. The van der Waals surface area contributed by atoms with E-state index in [0.717, 1.165) is 0 Å². The Labute approximate surface area is 134 Å². The van der Waals surface area contributed by atoms with E-state index < -0.39 is 22.7 Å². The average Bonchev–Trinajstić information content (AvgIpc) is 3.01. The number of para-hydroxylation sites is 1. The molecule has 0 radical (unpaired) electrons. The summed E-state index contributed by atoms with van der Waals surface area (Å²) in [4.78, 5) is 22.5. The summed E-state index contributed by atoms with van der Waals surface area (Å²) in [5.41, 5.74) is -0.237. The highest BCUT2D eigenvalue weighted by atomic mass is 16.7.